The lowest BCUT2D eigenvalue weighted by molar-refractivity contribution is 0.0228. The number of ether oxygens (including phenoxy) is 2. The van der Waals surface area contributed by atoms with E-state index in [0.717, 1.165) is 17.5 Å². The highest BCUT2D eigenvalue weighted by molar-refractivity contribution is 5.89. The van der Waals surface area contributed by atoms with Gasteiger partial charge in [0.05, 0.1) is 17.2 Å². The Bertz CT molecular complexity index is 1270. The molecule has 4 aromatic carbocycles. The minimum Gasteiger partial charge on any atom is -0.459 e. The summed E-state index contributed by atoms with van der Waals surface area (Å²) in [6.45, 7) is 3.90. The Balaban J connectivity index is 1.55. The van der Waals surface area contributed by atoms with Crippen LogP contribution in [-0.4, -0.2) is 24.1 Å². The highest BCUT2D eigenvalue weighted by atomic mass is 16.5. The normalized spacial score (nSPS) is 14.1. The molecule has 0 aliphatic carbocycles. The van der Waals surface area contributed by atoms with E-state index in [1.165, 1.54) is 0 Å². The van der Waals surface area contributed by atoms with Gasteiger partial charge in [0.1, 0.15) is 6.10 Å². The number of carbonyl (C=O) groups excluding carboxylic acids is 2. The molecule has 0 radical (unpaired) electrons. The number of esters is 2. The summed E-state index contributed by atoms with van der Waals surface area (Å²) in [6, 6.07) is 38.6. The van der Waals surface area contributed by atoms with Crippen LogP contribution in [0.3, 0.4) is 0 Å². The first-order chi connectivity index (χ1) is 18.5. The van der Waals surface area contributed by atoms with Gasteiger partial charge < -0.3 is 9.47 Å². The van der Waals surface area contributed by atoms with Crippen LogP contribution in [-0.2, 0) is 9.47 Å². The number of carbonyl (C=O) groups is 2. The summed E-state index contributed by atoms with van der Waals surface area (Å²) in [6.07, 6.45) is 0.709. The van der Waals surface area contributed by atoms with Crippen molar-refractivity contribution >= 4 is 11.9 Å². The second-order valence-corrected chi connectivity index (χ2v) is 9.65. The zero-order chi connectivity index (χ0) is 26.7. The van der Waals surface area contributed by atoms with Gasteiger partial charge in [-0.2, -0.15) is 0 Å². The van der Waals surface area contributed by atoms with E-state index in [0.29, 0.717) is 17.5 Å². The Hall–Kier alpha value is -4.18. The second kappa shape index (κ2) is 13.4. The molecule has 0 spiro atoms. The SMILES string of the molecule is CC(CC(CC(c1ccccc1)C(C)OC(=O)c1ccccc1)c1ccccc1)OC(=O)c1ccccc1. The first kappa shape index (κ1) is 26.9. The summed E-state index contributed by atoms with van der Waals surface area (Å²) in [5, 5.41) is 0. The molecule has 4 aromatic rings. The monoisotopic (exact) mass is 506 g/mol. The lowest BCUT2D eigenvalue weighted by Crippen LogP contribution is -2.26. The average Bonchev–Trinajstić information content (AvgIpc) is 2.97. The third-order valence-corrected chi connectivity index (χ3v) is 6.84. The molecule has 4 unspecified atom stereocenters. The molecule has 4 nitrogen and oxygen atoms in total. The first-order valence-electron chi connectivity index (χ1n) is 13.1. The molecule has 0 saturated carbocycles. The fourth-order valence-corrected chi connectivity index (χ4v) is 4.87. The largest absolute Gasteiger partial charge is 0.459 e. The van der Waals surface area contributed by atoms with Crippen molar-refractivity contribution < 1.29 is 19.1 Å². The summed E-state index contributed by atoms with van der Waals surface area (Å²) in [5.41, 5.74) is 3.35. The van der Waals surface area contributed by atoms with Gasteiger partial charge in [0, 0.05) is 5.92 Å². The molecule has 0 aliphatic heterocycles. The summed E-state index contributed by atoms with van der Waals surface area (Å²) in [5.74, 6) is -0.626. The van der Waals surface area contributed by atoms with Crippen LogP contribution in [0.15, 0.2) is 121 Å². The van der Waals surface area contributed by atoms with Gasteiger partial charge in [-0.15, -0.1) is 0 Å². The van der Waals surface area contributed by atoms with Crippen molar-refractivity contribution in [3.05, 3.63) is 144 Å². The molecule has 0 amide bonds. The molecule has 194 valence electrons. The fourth-order valence-electron chi connectivity index (χ4n) is 4.87. The van der Waals surface area contributed by atoms with Gasteiger partial charge in [0.2, 0.25) is 0 Å². The van der Waals surface area contributed by atoms with Crippen LogP contribution < -0.4 is 0 Å². The molecule has 0 heterocycles. The predicted molar refractivity (Wildman–Crippen MR) is 150 cm³/mol. The van der Waals surface area contributed by atoms with Gasteiger partial charge >= 0.3 is 11.9 Å². The van der Waals surface area contributed by atoms with Crippen LogP contribution in [0.5, 0.6) is 0 Å². The van der Waals surface area contributed by atoms with Crippen LogP contribution in [0.25, 0.3) is 0 Å². The Labute approximate surface area is 225 Å². The summed E-state index contributed by atoms with van der Waals surface area (Å²) in [7, 11) is 0. The van der Waals surface area contributed by atoms with Crippen molar-refractivity contribution in [2.24, 2.45) is 0 Å². The minimum atomic E-state index is -0.363. The van der Waals surface area contributed by atoms with Crippen LogP contribution >= 0.6 is 0 Å². The quantitative estimate of drug-likeness (QED) is 0.195. The van der Waals surface area contributed by atoms with E-state index in [2.05, 4.69) is 24.3 Å². The van der Waals surface area contributed by atoms with Gasteiger partial charge in [-0.25, -0.2) is 9.59 Å². The molecule has 0 saturated heterocycles. The number of hydrogen-bond acceptors (Lipinski definition) is 4. The van der Waals surface area contributed by atoms with Crippen LogP contribution in [0.4, 0.5) is 0 Å². The Morgan fingerprint density at radius 2 is 0.974 bits per heavy atom. The third-order valence-electron chi connectivity index (χ3n) is 6.84. The van der Waals surface area contributed by atoms with E-state index in [-0.39, 0.29) is 36.0 Å². The van der Waals surface area contributed by atoms with E-state index in [1.54, 1.807) is 24.3 Å². The lowest BCUT2D eigenvalue weighted by atomic mass is 9.80. The van der Waals surface area contributed by atoms with Crippen molar-refractivity contribution in [1.82, 2.24) is 0 Å². The molecule has 0 aromatic heterocycles. The summed E-state index contributed by atoms with van der Waals surface area (Å²) < 4.78 is 11.8. The number of rotatable bonds is 11. The maximum absolute atomic E-state index is 12.9. The van der Waals surface area contributed by atoms with Crippen LogP contribution in [0, 0.1) is 0 Å². The van der Waals surface area contributed by atoms with E-state index in [4.69, 9.17) is 9.47 Å². The van der Waals surface area contributed by atoms with Gasteiger partial charge in [-0.3, -0.25) is 0 Å². The Morgan fingerprint density at radius 1 is 0.553 bits per heavy atom. The highest BCUT2D eigenvalue weighted by Crippen LogP contribution is 2.37. The smallest absolute Gasteiger partial charge is 0.338 e. The maximum atomic E-state index is 12.9. The van der Waals surface area contributed by atoms with Crippen molar-refractivity contribution in [2.75, 3.05) is 0 Å². The maximum Gasteiger partial charge on any atom is 0.338 e. The summed E-state index contributed by atoms with van der Waals surface area (Å²) in [4.78, 5) is 25.6. The molecule has 0 aliphatic rings. The van der Waals surface area contributed by atoms with Crippen molar-refractivity contribution in [1.29, 1.82) is 0 Å². The molecule has 4 rings (SSSR count). The Morgan fingerprint density at radius 3 is 1.47 bits per heavy atom. The van der Waals surface area contributed by atoms with Gasteiger partial charge in [0.25, 0.3) is 0 Å². The predicted octanol–water partition coefficient (Wildman–Crippen LogP) is 7.83. The molecule has 0 fully saturated rings. The van der Waals surface area contributed by atoms with Crippen LogP contribution in [0.2, 0.25) is 0 Å². The number of benzene rings is 4. The third kappa shape index (κ3) is 7.42. The second-order valence-electron chi connectivity index (χ2n) is 9.65. The first-order valence-corrected chi connectivity index (χ1v) is 13.1. The van der Waals surface area contributed by atoms with Crippen molar-refractivity contribution in [2.45, 2.75) is 50.7 Å². The van der Waals surface area contributed by atoms with Crippen molar-refractivity contribution in [3.8, 4) is 0 Å². The zero-order valence-electron chi connectivity index (χ0n) is 21.9. The highest BCUT2D eigenvalue weighted by Gasteiger charge is 2.29. The van der Waals surface area contributed by atoms with E-state index in [9.17, 15) is 9.59 Å². The van der Waals surface area contributed by atoms with Gasteiger partial charge in [0.15, 0.2) is 0 Å². The molecule has 38 heavy (non-hydrogen) atoms. The molecule has 0 bridgehead atoms. The molecule has 4 heteroatoms. The molecule has 0 N–H and O–H groups in total. The number of hydrogen-bond donors (Lipinski definition) is 0. The van der Waals surface area contributed by atoms with E-state index >= 15 is 0 Å². The minimum absolute atomic E-state index is 0.0499. The summed E-state index contributed by atoms with van der Waals surface area (Å²) >= 11 is 0. The van der Waals surface area contributed by atoms with Gasteiger partial charge in [-0.1, -0.05) is 97.1 Å². The van der Waals surface area contributed by atoms with E-state index in [1.807, 2.05) is 86.6 Å². The average molecular weight is 507 g/mol. The molecular weight excluding hydrogens is 472 g/mol. The zero-order valence-corrected chi connectivity index (χ0v) is 21.9. The topological polar surface area (TPSA) is 52.6 Å². The van der Waals surface area contributed by atoms with E-state index < -0.39 is 0 Å². The fraction of sp³-hybridized carbons (Fsp3) is 0.235. The molecular formula is C34H34O4. The van der Waals surface area contributed by atoms with Crippen molar-refractivity contribution in [3.63, 3.8) is 0 Å². The molecule has 4 atom stereocenters. The Kier molecular flexibility index (Phi) is 9.47. The van der Waals surface area contributed by atoms with Crippen LogP contribution in [0.1, 0.15) is 70.4 Å². The lowest BCUT2D eigenvalue weighted by Gasteiger charge is -2.30. The van der Waals surface area contributed by atoms with Gasteiger partial charge in [-0.05, 0) is 68.0 Å². The standard InChI is InChI=1S/C34H34O4/c1-25(37-33(35)29-19-11-5-12-20-29)23-31(27-15-7-3-8-16-27)24-32(28-17-9-4-10-18-28)26(2)38-34(36)30-21-13-6-14-22-30/h3-22,25-26,31-32H,23-24H2,1-2H3.